The van der Waals surface area contributed by atoms with Crippen molar-refractivity contribution in [1.29, 1.82) is 0 Å². The summed E-state index contributed by atoms with van der Waals surface area (Å²) in [6.45, 7) is 5.20. The molecule has 2 N–H and O–H groups in total. The van der Waals surface area contributed by atoms with Gasteiger partial charge in [-0.15, -0.1) is 5.10 Å². The summed E-state index contributed by atoms with van der Waals surface area (Å²) in [4.78, 5) is 0. The van der Waals surface area contributed by atoms with Crippen molar-refractivity contribution in [1.82, 2.24) is 15.0 Å². The lowest BCUT2D eigenvalue weighted by Crippen LogP contribution is -2.05. The number of hydrogen-bond donors (Lipinski definition) is 1. The largest absolute Gasteiger partial charge is 0.399 e. The van der Waals surface area contributed by atoms with Crippen molar-refractivity contribution in [2.24, 2.45) is 5.92 Å². The molecule has 0 aliphatic rings. The molecule has 0 saturated heterocycles. The van der Waals surface area contributed by atoms with Gasteiger partial charge in [0.1, 0.15) is 5.52 Å². The van der Waals surface area contributed by atoms with Crippen LogP contribution in [0.4, 0.5) is 5.69 Å². The average Bonchev–Trinajstić information content (AvgIpc) is 2.47. The lowest BCUT2D eigenvalue weighted by Gasteiger charge is -2.04. The fourth-order valence-corrected chi connectivity index (χ4v) is 1.47. The van der Waals surface area contributed by atoms with Crippen LogP contribution in [0.15, 0.2) is 18.2 Å². The number of nitrogens with zero attached hydrogens (tertiary/aromatic N) is 3. The molecule has 0 aliphatic heterocycles. The minimum atomic E-state index is 0.567. The Morgan fingerprint density at radius 3 is 2.93 bits per heavy atom. The smallest absolute Gasteiger partial charge is 0.115 e. The zero-order valence-electron chi connectivity index (χ0n) is 8.44. The van der Waals surface area contributed by atoms with Crippen LogP contribution in [0.3, 0.4) is 0 Å². The Morgan fingerprint density at radius 1 is 1.43 bits per heavy atom. The van der Waals surface area contributed by atoms with Crippen LogP contribution in [0.5, 0.6) is 0 Å². The summed E-state index contributed by atoms with van der Waals surface area (Å²) in [5, 5.41) is 8.15. The number of hydrogen-bond acceptors (Lipinski definition) is 3. The van der Waals surface area contributed by atoms with Crippen molar-refractivity contribution in [3.05, 3.63) is 18.2 Å². The van der Waals surface area contributed by atoms with Crippen LogP contribution in [-0.2, 0) is 6.54 Å². The zero-order valence-corrected chi connectivity index (χ0v) is 8.44. The van der Waals surface area contributed by atoms with Crippen molar-refractivity contribution in [2.75, 3.05) is 5.73 Å². The van der Waals surface area contributed by atoms with E-state index in [0.717, 1.165) is 23.3 Å². The van der Waals surface area contributed by atoms with Gasteiger partial charge in [0.05, 0.1) is 5.52 Å². The normalized spacial score (nSPS) is 11.4. The van der Waals surface area contributed by atoms with E-state index in [1.807, 2.05) is 22.9 Å². The van der Waals surface area contributed by atoms with Crippen LogP contribution in [0.25, 0.3) is 11.0 Å². The molecule has 14 heavy (non-hydrogen) atoms. The van der Waals surface area contributed by atoms with E-state index in [0.29, 0.717) is 5.92 Å². The highest BCUT2D eigenvalue weighted by Crippen LogP contribution is 2.15. The minimum Gasteiger partial charge on any atom is -0.399 e. The highest BCUT2D eigenvalue weighted by molar-refractivity contribution is 5.77. The van der Waals surface area contributed by atoms with E-state index in [1.54, 1.807) is 0 Å². The molecule has 1 aromatic carbocycles. The number of rotatable bonds is 2. The van der Waals surface area contributed by atoms with Gasteiger partial charge in [0.2, 0.25) is 0 Å². The van der Waals surface area contributed by atoms with Gasteiger partial charge < -0.3 is 5.73 Å². The zero-order chi connectivity index (χ0) is 10.1. The Bertz CT molecular complexity index is 444. The molecule has 4 nitrogen and oxygen atoms in total. The summed E-state index contributed by atoms with van der Waals surface area (Å²) >= 11 is 0. The first kappa shape index (κ1) is 8.99. The molecular weight excluding hydrogens is 176 g/mol. The topological polar surface area (TPSA) is 56.7 Å². The summed E-state index contributed by atoms with van der Waals surface area (Å²) in [6, 6.07) is 5.69. The molecule has 74 valence electrons. The maximum atomic E-state index is 5.66. The van der Waals surface area contributed by atoms with Gasteiger partial charge in [0.15, 0.2) is 0 Å². The Kier molecular flexibility index (Phi) is 2.11. The molecule has 0 radical (unpaired) electrons. The summed E-state index contributed by atoms with van der Waals surface area (Å²) in [5.41, 5.74) is 8.30. The molecule has 4 heteroatoms. The lowest BCUT2D eigenvalue weighted by molar-refractivity contribution is 0.483. The van der Waals surface area contributed by atoms with Crippen molar-refractivity contribution in [2.45, 2.75) is 20.4 Å². The monoisotopic (exact) mass is 190 g/mol. The van der Waals surface area contributed by atoms with E-state index in [2.05, 4.69) is 24.2 Å². The number of fused-ring (bicyclic) bond motifs is 1. The van der Waals surface area contributed by atoms with Gasteiger partial charge in [0, 0.05) is 12.2 Å². The third kappa shape index (κ3) is 1.55. The second-order valence-corrected chi connectivity index (χ2v) is 3.91. The third-order valence-corrected chi connectivity index (χ3v) is 2.08. The Labute approximate surface area is 82.7 Å². The van der Waals surface area contributed by atoms with E-state index < -0.39 is 0 Å². The van der Waals surface area contributed by atoms with Gasteiger partial charge >= 0.3 is 0 Å². The van der Waals surface area contributed by atoms with Gasteiger partial charge in [-0.25, -0.2) is 4.68 Å². The Balaban J connectivity index is 2.47. The summed E-state index contributed by atoms with van der Waals surface area (Å²) in [6.07, 6.45) is 0. The van der Waals surface area contributed by atoms with Gasteiger partial charge in [-0.3, -0.25) is 0 Å². The summed E-state index contributed by atoms with van der Waals surface area (Å²) < 4.78 is 1.92. The molecule has 1 aromatic heterocycles. The van der Waals surface area contributed by atoms with Crippen LogP contribution in [0.1, 0.15) is 13.8 Å². The first-order valence-corrected chi connectivity index (χ1v) is 4.75. The van der Waals surface area contributed by atoms with Crippen molar-refractivity contribution in [3.8, 4) is 0 Å². The third-order valence-electron chi connectivity index (χ3n) is 2.08. The fourth-order valence-electron chi connectivity index (χ4n) is 1.47. The minimum absolute atomic E-state index is 0.567. The van der Waals surface area contributed by atoms with Gasteiger partial charge in [-0.1, -0.05) is 19.1 Å². The number of aromatic nitrogens is 3. The van der Waals surface area contributed by atoms with E-state index in [1.165, 1.54) is 0 Å². The molecule has 0 spiro atoms. The lowest BCUT2D eigenvalue weighted by atomic mass is 10.2. The molecule has 0 unspecified atom stereocenters. The molecular formula is C10H14N4. The number of anilines is 1. The van der Waals surface area contributed by atoms with Crippen molar-refractivity contribution in [3.63, 3.8) is 0 Å². The highest BCUT2D eigenvalue weighted by Gasteiger charge is 2.05. The fraction of sp³-hybridized carbons (Fsp3) is 0.400. The molecule has 0 fully saturated rings. The van der Waals surface area contributed by atoms with E-state index in [4.69, 9.17) is 5.73 Å². The van der Waals surface area contributed by atoms with Crippen LogP contribution < -0.4 is 5.73 Å². The molecule has 0 aliphatic carbocycles. The predicted molar refractivity (Wildman–Crippen MR) is 56.8 cm³/mol. The second-order valence-electron chi connectivity index (χ2n) is 3.91. The van der Waals surface area contributed by atoms with E-state index >= 15 is 0 Å². The Morgan fingerprint density at radius 2 is 2.21 bits per heavy atom. The standard InChI is InChI=1S/C10H14N4/c1-7(2)6-14-10-4-3-8(11)5-9(10)12-13-14/h3-5,7H,6,11H2,1-2H3. The predicted octanol–water partition coefficient (Wildman–Crippen LogP) is 1.67. The maximum absolute atomic E-state index is 5.66. The van der Waals surface area contributed by atoms with Crippen LogP contribution in [0, 0.1) is 5.92 Å². The van der Waals surface area contributed by atoms with Gasteiger partial charge in [-0.2, -0.15) is 0 Å². The van der Waals surface area contributed by atoms with Crippen LogP contribution >= 0.6 is 0 Å². The first-order chi connectivity index (χ1) is 6.66. The average molecular weight is 190 g/mol. The van der Waals surface area contributed by atoms with E-state index in [-0.39, 0.29) is 0 Å². The summed E-state index contributed by atoms with van der Waals surface area (Å²) in [7, 11) is 0. The molecule has 0 bridgehead atoms. The van der Waals surface area contributed by atoms with Gasteiger partial charge in [0.25, 0.3) is 0 Å². The second kappa shape index (κ2) is 3.29. The molecule has 2 aromatic rings. The van der Waals surface area contributed by atoms with Crippen LogP contribution in [0.2, 0.25) is 0 Å². The molecule has 2 rings (SSSR count). The Hall–Kier alpha value is -1.58. The molecule has 0 amide bonds. The number of nitrogens with two attached hydrogens (primary N) is 1. The van der Waals surface area contributed by atoms with Crippen LogP contribution in [-0.4, -0.2) is 15.0 Å². The molecule has 0 atom stereocenters. The molecule has 0 saturated carbocycles. The van der Waals surface area contributed by atoms with Gasteiger partial charge in [-0.05, 0) is 24.1 Å². The number of nitrogen functional groups attached to an aromatic ring is 1. The maximum Gasteiger partial charge on any atom is 0.115 e. The van der Waals surface area contributed by atoms with Crippen molar-refractivity contribution < 1.29 is 0 Å². The van der Waals surface area contributed by atoms with Crippen molar-refractivity contribution >= 4 is 16.7 Å². The number of benzene rings is 1. The van der Waals surface area contributed by atoms with E-state index in [9.17, 15) is 0 Å². The first-order valence-electron chi connectivity index (χ1n) is 4.75. The summed E-state index contributed by atoms with van der Waals surface area (Å²) in [5.74, 6) is 0.567. The quantitative estimate of drug-likeness (QED) is 0.733. The SMILES string of the molecule is CC(C)Cn1nnc2cc(N)ccc21. The molecule has 1 heterocycles. The highest BCUT2D eigenvalue weighted by atomic mass is 15.4.